The molecular formula is C47H30N2S. The molecule has 0 unspecified atom stereocenters. The number of thiophene rings is 1. The summed E-state index contributed by atoms with van der Waals surface area (Å²) in [5.41, 5.74) is 8.18. The van der Waals surface area contributed by atoms with Gasteiger partial charge in [-0.25, -0.2) is 0 Å². The molecule has 2 aromatic heterocycles. The molecule has 0 bridgehead atoms. The number of hydrogen-bond acceptors (Lipinski definition) is 3. The maximum absolute atomic E-state index is 4.39. The summed E-state index contributed by atoms with van der Waals surface area (Å²) in [6, 6.07) is 61.9. The zero-order chi connectivity index (χ0) is 33.0. The van der Waals surface area contributed by atoms with Crippen molar-refractivity contribution in [3.8, 4) is 22.3 Å². The highest BCUT2D eigenvalue weighted by atomic mass is 32.1. The molecule has 0 atom stereocenters. The van der Waals surface area contributed by atoms with Crippen LogP contribution in [-0.2, 0) is 0 Å². The van der Waals surface area contributed by atoms with Crippen molar-refractivity contribution in [3.05, 3.63) is 182 Å². The van der Waals surface area contributed by atoms with Crippen molar-refractivity contribution in [2.75, 3.05) is 4.90 Å². The summed E-state index contributed by atoms with van der Waals surface area (Å²) in [5.74, 6) is 0. The minimum Gasteiger partial charge on any atom is -0.310 e. The first-order valence-electron chi connectivity index (χ1n) is 16.9. The first kappa shape index (κ1) is 28.7. The third-order valence-electron chi connectivity index (χ3n) is 9.95. The Morgan fingerprint density at radius 3 is 1.72 bits per heavy atom. The van der Waals surface area contributed by atoms with Crippen LogP contribution in [-0.4, -0.2) is 4.98 Å². The average molecular weight is 655 g/mol. The van der Waals surface area contributed by atoms with Crippen LogP contribution >= 0.6 is 11.3 Å². The summed E-state index contributed by atoms with van der Waals surface area (Å²) in [7, 11) is 0. The molecule has 10 rings (SSSR count). The van der Waals surface area contributed by atoms with Crippen molar-refractivity contribution in [2.45, 2.75) is 0 Å². The normalized spacial score (nSPS) is 11.6. The molecule has 0 N–H and O–H groups in total. The third kappa shape index (κ3) is 4.82. The third-order valence-corrected chi connectivity index (χ3v) is 11.1. The average Bonchev–Trinajstić information content (AvgIpc) is 3.56. The van der Waals surface area contributed by atoms with Crippen LogP contribution in [0, 0.1) is 0 Å². The van der Waals surface area contributed by atoms with E-state index in [0.29, 0.717) is 0 Å². The Bertz CT molecular complexity index is 2850. The van der Waals surface area contributed by atoms with Crippen molar-refractivity contribution in [1.29, 1.82) is 0 Å². The lowest BCUT2D eigenvalue weighted by Gasteiger charge is -2.26. The van der Waals surface area contributed by atoms with Gasteiger partial charge in [0, 0.05) is 49.6 Å². The Kier molecular flexibility index (Phi) is 6.71. The Morgan fingerprint density at radius 1 is 0.360 bits per heavy atom. The van der Waals surface area contributed by atoms with Crippen LogP contribution in [0.2, 0.25) is 0 Å². The predicted molar refractivity (Wildman–Crippen MR) is 215 cm³/mol. The zero-order valence-corrected chi connectivity index (χ0v) is 27.9. The number of fused-ring (bicyclic) bond motifs is 8. The highest BCUT2D eigenvalue weighted by molar-refractivity contribution is 7.25. The highest BCUT2D eigenvalue weighted by Crippen LogP contribution is 2.41. The fourth-order valence-electron chi connectivity index (χ4n) is 7.43. The summed E-state index contributed by atoms with van der Waals surface area (Å²) in [4.78, 5) is 6.75. The summed E-state index contributed by atoms with van der Waals surface area (Å²) >= 11 is 1.82. The van der Waals surface area contributed by atoms with Crippen molar-refractivity contribution in [1.82, 2.24) is 4.98 Å². The van der Waals surface area contributed by atoms with Crippen LogP contribution in [0.1, 0.15) is 0 Å². The van der Waals surface area contributed by atoms with Crippen LogP contribution in [0.3, 0.4) is 0 Å². The van der Waals surface area contributed by atoms with Crippen molar-refractivity contribution >= 4 is 80.9 Å². The van der Waals surface area contributed by atoms with Gasteiger partial charge in [0.2, 0.25) is 0 Å². The molecule has 10 aromatic rings. The molecule has 0 fully saturated rings. The van der Waals surface area contributed by atoms with Crippen LogP contribution in [0.4, 0.5) is 17.1 Å². The number of benzene rings is 8. The second-order valence-corrected chi connectivity index (χ2v) is 13.9. The van der Waals surface area contributed by atoms with E-state index in [0.717, 1.165) is 17.1 Å². The molecule has 0 saturated carbocycles. The van der Waals surface area contributed by atoms with Gasteiger partial charge in [0.25, 0.3) is 0 Å². The molecule has 0 saturated heterocycles. The van der Waals surface area contributed by atoms with Gasteiger partial charge in [-0.15, -0.1) is 11.3 Å². The largest absolute Gasteiger partial charge is 0.310 e. The molecular weight excluding hydrogens is 625 g/mol. The number of rotatable bonds is 5. The zero-order valence-electron chi connectivity index (χ0n) is 27.1. The van der Waals surface area contributed by atoms with Crippen molar-refractivity contribution in [2.24, 2.45) is 0 Å². The topological polar surface area (TPSA) is 16.1 Å². The second-order valence-electron chi connectivity index (χ2n) is 12.8. The van der Waals surface area contributed by atoms with Crippen LogP contribution in [0.25, 0.3) is 74.7 Å². The number of hydrogen-bond donors (Lipinski definition) is 0. The lowest BCUT2D eigenvalue weighted by Crippen LogP contribution is -2.09. The number of nitrogens with zero attached hydrogens (tertiary/aromatic N) is 2. The summed E-state index contributed by atoms with van der Waals surface area (Å²) in [6.07, 6.45) is 3.85. The van der Waals surface area contributed by atoms with Crippen LogP contribution < -0.4 is 4.90 Å². The van der Waals surface area contributed by atoms with E-state index in [1.54, 1.807) is 0 Å². The predicted octanol–water partition coefficient (Wildman–Crippen LogP) is 13.7. The highest BCUT2D eigenvalue weighted by Gasteiger charge is 2.16. The van der Waals surface area contributed by atoms with E-state index in [-0.39, 0.29) is 0 Å². The molecule has 0 aliphatic carbocycles. The smallest absolute Gasteiger partial charge is 0.0476 e. The maximum atomic E-state index is 4.39. The van der Waals surface area contributed by atoms with E-state index in [1.807, 2.05) is 23.7 Å². The summed E-state index contributed by atoms with van der Waals surface area (Å²) in [6.45, 7) is 0. The lowest BCUT2D eigenvalue weighted by atomic mass is 9.94. The number of anilines is 3. The minimum atomic E-state index is 1.11. The van der Waals surface area contributed by atoms with Gasteiger partial charge in [-0.05, 0) is 103 Å². The van der Waals surface area contributed by atoms with Gasteiger partial charge in [0.05, 0.1) is 0 Å². The molecule has 8 aromatic carbocycles. The van der Waals surface area contributed by atoms with Crippen molar-refractivity contribution in [3.63, 3.8) is 0 Å². The molecule has 0 spiro atoms. The number of aromatic nitrogens is 1. The van der Waals surface area contributed by atoms with Gasteiger partial charge in [-0.3, -0.25) is 4.98 Å². The molecule has 234 valence electrons. The number of pyridine rings is 1. The van der Waals surface area contributed by atoms with Gasteiger partial charge < -0.3 is 4.90 Å². The molecule has 0 aliphatic heterocycles. The van der Waals surface area contributed by atoms with Gasteiger partial charge in [0.1, 0.15) is 0 Å². The Hall–Kier alpha value is -6.29. The van der Waals surface area contributed by atoms with Crippen molar-refractivity contribution < 1.29 is 0 Å². The molecule has 2 nitrogen and oxygen atoms in total. The Balaban J connectivity index is 1.07. The van der Waals surface area contributed by atoms with E-state index in [9.17, 15) is 0 Å². The summed E-state index contributed by atoms with van der Waals surface area (Å²) < 4.78 is 2.51. The maximum Gasteiger partial charge on any atom is 0.0476 e. The standard InChI is InChI=1S/C47H30N2S/c1-2-6-31(7-3-1)32-12-18-37(19-13-32)49(39-22-25-43-45-30-48-27-26-46(45)50-47(43)29-39)38-20-14-33(15-21-38)36-11-10-35-17-23-41-40-9-5-4-8-34(40)16-24-42(41)44(35)28-36/h1-30H. The van der Waals surface area contributed by atoms with E-state index < -0.39 is 0 Å². The molecule has 50 heavy (non-hydrogen) atoms. The first-order chi connectivity index (χ1) is 24.8. The fourth-order valence-corrected chi connectivity index (χ4v) is 8.54. The van der Waals surface area contributed by atoms with Gasteiger partial charge in [-0.1, -0.05) is 121 Å². The summed E-state index contributed by atoms with van der Waals surface area (Å²) in [5, 5.41) is 10.1. The molecule has 0 amide bonds. The molecule has 3 heteroatoms. The van der Waals surface area contributed by atoms with E-state index in [4.69, 9.17) is 0 Å². The monoisotopic (exact) mass is 654 g/mol. The minimum absolute atomic E-state index is 1.11. The van der Waals surface area contributed by atoms with Crippen LogP contribution in [0.15, 0.2) is 182 Å². The Labute approximate surface area is 294 Å². The quantitative estimate of drug-likeness (QED) is 0.172. The van der Waals surface area contributed by atoms with E-state index in [2.05, 4.69) is 180 Å². The first-order valence-corrected chi connectivity index (χ1v) is 17.8. The molecule has 2 heterocycles. The lowest BCUT2D eigenvalue weighted by molar-refractivity contribution is 1.29. The van der Waals surface area contributed by atoms with Gasteiger partial charge in [-0.2, -0.15) is 0 Å². The SMILES string of the molecule is c1ccc(-c2ccc(N(c3ccc(-c4ccc5ccc6c7ccccc7ccc6c5c4)cc3)c3ccc4c(c3)sc3ccncc34)cc2)cc1. The van der Waals surface area contributed by atoms with Crippen LogP contribution in [0.5, 0.6) is 0 Å². The Morgan fingerprint density at radius 2 is 0.940 bits per heavy atom. The fraction of sp³-hybridized carbons (Fsp3) is 0. The van der Waals surface area contributed by atoms with Gasteiger partial charge >= 0.3 is 0 Å². The van der Waals surface area contributed by atoms with Gasteiger partial charge in [0.15, 0.2) is 0 Å². The molecule has 0 aliphatic rings. The molecule has 0 radical (unpaired) electrons. The van der Waals surface area contributed by atoms with E-state index in [1.165, 1.54) is 74.7 Å². The second kappa shape index (κ2) is 11.7. The van der Waals surface area contributed by atoms with E-state index >= 15 is 0 Å².